The summed E-state index contributed by atoms with van der Waals surface area (Å²) in [7, 11) is 0. The topological polar surface area (TPSA) is 55.1 Å². The lowest BCUT2D eigenvalue weighted by Crippen LogP contribution is -2.19. The number of likely N-dealkylation sites (tertiary alicyclic amines) is 1. The predicted octanol–water partition coefficient (Wildman–Crippen LogP) is 3.18. The zero-order chi connectivity index (χ0) is 14.8. The molecule has 0 aliphatic carbocycles. The van der Waals surface area contributed by atoms with E-state index in [1.54, 1.807) is 6.20 Å². The van der Waals surface area contributed by atoms with Crippen LogP contribution in [0.3, 0.4) is 0 Å². The summed E-state index contributed by atoms with van der Waals surface area (Å²) in [6, 6.07) is 9.97. The molecule has 5 nitrogen and oxygen atoms in total. The smallest absolute Gasteiger partial charge is 0.276 e. The maximum absolute atomic E-state index is 5.36. The van der Waals surface area contributed by atoms with Crippen LogP contribution in [0.2, 0.25) is 0 Å². The van der Waals surface area contributed by atoms with E-state index in [0.29, 0.717) is 11.8 Å². The highest BCUT2D eigenvalue weighted by molar-refractivity contribution is 7.09. The third-order valence-corrected chi connectivity index (χ3v) is 4.78. The zero-order valence-corrected chi connectivity index (χ0v) is 12.9. The van der Waals surface area contributed by atoms with Crippen LogP contribution in [0.5, 0.6) is 0 Å². The van der Waals surface area contributed by atoms with E-state index in [2.05, 4.69) is 37.5 Å². The van der Waals surface area contributed by atoms with Gasteiger partial charge in [0.05, 0.1) is 0 Å². The molecular formula is C16H16N4OS. The minimum atomic E-state index is 0.348. The fraction of sp³-hybridized carbons (Fsp3) is 0.312. The second kappa shape index (κ2) is 5.98. The molecule has 3 aromatic heterocycles. The standard InChI is InChI=1S/C16H16N4OS/c1-2-7-17-14(5-1)16-18-15(19-21-16)12-6-8-20(10-12)11-13-4-3-9-22-13/h1-5,7,9,12H,6,8,10-11H2. The van der Waals surface area contributed by atoms with Gasteiger partial charge in [-0.05, 0) is 36.5 Å². The maximum atomic E-state index is 5.36. The van der Waals surface area contributed by atoms with E-state index in [1.807, 2.05) is 29.5 Å². The third kappa shape index (κ3) is 2.80. The van der Waals surface area contributed by atoms with Gasteiger partial charge in [0.2, 0.25) is 0 Å². The number of rotatable bonds is 4. The Morgan fingerprint density at radius 2 is 2.27 bits per heavy atom. The number of hydrogen-bond donors (Lipinski definition) is 0. The van der Waals surface area contributed by atoms with E-state index in [1.165, 1.54) is 4.88 Å². The molecule has 1 fully saturated rings. The zero-order valence-electron chi connectivity index (χ0n) is 12.1. The number of thiophene rings is 1. The van der Waals surface area contributed by atoms with E-state index in [4.69, 9.17) is 4.52 Å². The first-order valence-electron chi connectivity index (χ1n) is 7.38. The van der Waals surface area contributed by atoms with Crippen molar-refractivity contribution < 1.29 is 4.52 Å². The second-order valence-corrected chi connectivity index (χ2v) is 6.51. The molecule has 1 aliphatic rings. The Kier molecular flexibility index (Phi) is 3.70. The first-order chi connectivity index (χ1) is 10.9. The molecule has 0 N–H and O–H groups in total. The third-order valence-electron chi connectivity index (χ3n) is 3.92. The van der Waals surface area contributed by atoms with Crippen LogP contribution in [-0.4, -0.2) is 33.1 Å². The van der Waals surface area contributed by atoms with Crippen LogP contribution in [0.4, 0.5) is 0 Å². The first kappa shape index (κ1) is 13.6. The highest BCUT2D eigenvalue weighted by Crippen LogP contribution is 2.28. The average molecular weight is 312 g/mol. The summed E-state index contributed by atoms with van der Waals surface area (Å²) < 4.78 is 5.36. The van der Waals surface area contributed by atoms with Crippen LogP contribution in [0.1, 0.15) is 23.0 Å². The predicted molar refractivity (Wildman–Crippen MR) is 84.5 cm³/mol. The molecular weight excluding hydrogens is 296 g/mol. The molecule has 0 spiro atoms. The molecule has 1 atom stereocenters. The van der Waals surface area contributed by atoms with Gasteiger partial charge in [0.15, 0.2) is 5.82 Å². The summed E-state index contributed by atoms with van der Waals surface area (Å²) in [6.07, 6.45) is 2.81. The van der Waals surface area contributed by atoms with Crippen molar-refractivity contribution in [1.82, 2.24) is 20.0 Å². The van der Waals surface area contributed by atoms with Gasteiger partial charge in [0, 0.05) is 30.1 Å². The molecule has 112 valence electrons. The summed E-state index contributed by atoms with van der Waals surface area (Å²) in [5.41, 5.74) is 0.731. The fourth-order valence-electron chi connectivity index (χ4n) is 2.80. The van der Waals surface area contributed by atoms with Gasteiger partial charge >= 0.3 is 0 Å². The molecule has 6 heteroatoms. The molecule has 1 unspecified atom stereocenters. The van der Waals surface area contributed by atoms with Crippen molar-refractivity contribution in [3.8, 4) is 11.6 Å². The summed E-state index contributed by atoms with van der Waals surface area (Å²) in [5, 5.41) is 6.28. The van der Waals surface area contributed by atoms with Gasteiger partial charge in [-0.2, -0.15) is 4.98 Å². The summed E-state index contributed by atoms with van der Waals surface area (Å²) in [5.74, 6) is 1.66. The highest BCUT2D eigenvalue weighted by Gasteiger charge is 2.28. The van der Waals surface area contributed by atoms with Crippen LogP contribution in [0.15, 0.2) is 46.4 Å². The van der Waals surface area contributed by atoms with Crippen molar-refractivity contribution in [2.24, 2.45) is 0 Å². The van der Waals surface area contributed by atoms with Crippen LogP contribution >= 0.6 is 11.3 Å². The molecule has 0 aromatic carbocycles. The molecule has 22 heavy (non-hydrogen) atoms. The largest absolute Gasteiger partial charge is 0.332 e. The fourth-order valence-corrected chi connectivity index (χ4v) is 3.55. The number of aromatic nitrogens is 3. The number of nitrogens with zero attached hydrogens (tertiary/aromatic N) is 4. The Hall–Kier alpha value is -2.05. The SMILES string of the molecule is c1ccc(-c2nc(C3CCN(Cc4cccs4)C3)no2)nc1. The van der Waals surface area contributed by atoms with Crippen molar-refractivity contribution in [1.29, 1.82) is 0 Å². The van der Waals surface area contributed by atoms with Gasteiger partial charge in [0.1, 0.15) is 5.69 Å². The molecule has 0 radical (unpaired) electrons. The Morgan fingerprint density at radius 1 is 1.27 bits per heavy atom. The van der Waals surface area contributed by atoms with Crippen molar-refractivity contribution in [3.63, 3.8) is 0 Å². The van der Waals surface area contributed by atoms with Crippen molar-refractivity contribution in [2.75, 3.05) is 13.1 Å². The van der Waals surface area contributed by atoms with Crippen LogP contribution in [0, 0.1) is 0 Å². The van der Waals surface area contributed by atoms with Gasteiger partial charge in [-0.1, -0.05) is 17.3 Å². The van der Waals surface area contributed by atoms with Gasteiger partial charge in [-0.15, -0.1) is 11.3 Å². The molecule has 0 amide bonds. The van der Waals surface area contributed by atoms with Gasteiger partial charge < -0.3 is 4.52 Å². The minimum absolute atomic E-state index is 0.348. The van der Waals surface area contributed by atoms with Crippen molar-refractivity contribution >= 4 is 11.3 Å². The van der Waals surface area contributed by atoms with Crippen LogP contribution < -0.4 is 0 Å². The summed E-state index contributed by atoms with van der Waals surface area (Å²) >= 11 is 1.81. The van der Waals surface area contributed by atoms with E-state index in [-0.39, 0.29) is 0 Å². The molecule has 0 bridgehead atoms. The van der Waals surface area contributed by atoms with E-state index in [9.17, 15) is 0 Å². The summed E-state index contributed by atoms with van der Waals surface area (Å²) in [4.78, 5) is 12.6. The number of hydrogen-bond acceptors (Lipinski definition) is 6. The van der Waals surface area contributed by atoms with Gasteiger partial charge in [-0.25, -0.2) is 0 Å². The Balaban J connectivity index is 1.44. The molecule has 4 rings (SSSR count). The van der Waals surface area contributed by atoms with Crippen molar-refractivity contribution in [3.05, 3.63) is 52.6 Å². The van der Waals surface area contributed by atoms with Crippen molar-refractivity contribution in [2.45, 2.75) is 18.9 Å². The number of pyridine rings is 1. The molecule has 1 aliphatic heterocycles. The Morgan fingerprint density at radius 3 is 3.09 bits per heavy atom. The van der Waals surface area contributed by atoms with E-state index in [0.717, 1.165) is 37.6 Å². The first-order valence-corrected chi connectivity index (χ1v) is 8.26. The maximum Gasteiger partial charge on any atom is 0.276 e. The monoisotopic (exact) mass is 312 g/mol. The minimum Gasteiger partial charge on any atom is -0.332 e. The molecule has 3 aromatic rings. The lowest BCUT2D eigenvalue weighted by atomic mass is 10.1. The van der Waals surface area contributed by atoms with E-state index < -0.39 is 0 Å². The average Bonchev–Trinajstić information content (AvgIpc) is 3.30. The highest BCUT2D eigenvalue weighted by atomic mass is 32.1. The Bertz CT molecular complexity index is 726. The normalized spacial score (nSPS) is 18.8. The van der Waals surface area contributed by atoms with E-state index >= 15 is 0 Å². The van der Waals surface area contributed by atoms with Gasteiger partial charge in [0.25, 0.3) is 5.89 Å². The lowest BCUT2D eigenvalue weighted by molar-refractivity contribution is 0.327. The quantitative estimate of drug-likeness (QED) is 0.740. The Labute approximate surface area is 132 Å². The molecule has 4 heterocycles. The van der Waals surface area contributed by atoms with Gasteiger partial charge in [-0.3, -0.25) is 9.88 Å². The van der Waals surface area contributed by atoms with Crippen LogP contribution in [-0.2, 0) is 6.54 Å². The summed E-state index contributed by atoms with van der Waals surface area (Å²) in [6.45, 7) is 3.08. The molecule has 1 saturated heterocycles. The second-order valence-electron chi connectivity index (χ2n) is 5.47. The van der Waals surface area contributed by atoms with Crippen LogP contribution in [0.25, 0.3) is 11.6 Å². The lowest BCUT2D eigenvalue weighted by Gasteiger charge is -2.13. The molecule has 0 saturated carbocycles.